The van der Waals surface area contributed by atoms with Gasteiger partial charge in [-0.05, 0) is 43.3 Å². The predicted molar refractivity (Wildman–Crippen MR) is 67.1 cm³/mol. The van der Waals surface area contributed by atoms with E-state index >= 15 is 0 Å². The maximum Gasteiger partial charge on any atom is 0.269 e. The largest absolute Gasteiger partial charge is 0.317 e. The first-order valence-electron chi connectivity index (χ1n) is 6.13. The molecule has 17 heavy (non-hydrogen) atoms. The molecule has 0 aliphatic carbocycles. The summed E-state index contributed by atoms with van der Waals surface area (Å²) in [5.41, 5.74) is 1.38. The van der Waals surface area contributed by atoms with Crippen molar-refractivity contribution in [3.8, 4) is 0 Å². The average Bonchev–Trinajstić information content (AvgIpc) is 2.39. The normalized spacial score (nSPS) is 18.9. The van der Waals surface area contributed by atoms with Gasteiger partial charge in [0.05, 0.1) is 4.92 Å². The van der Waals surface area contributed by atoms with Gasteiger partial charge in [0.2, 0.25) is 0 Å². The topological polar surface area (TPSA) is 55.2 Å². The molecule has 1 atom stereocenters. The SMILES string of the molecule is CC(c1ccc([N+](=O)[O-])cc1)C1CCNCC1. The summed E-state index contributed by atoms with van der Waals surface area (Å²) in [5.74, 6) is 1.18. The van der Waals surface area contributed by atoms with Crippen molar-refractivity contribution in [2.45, 2.75) is 25.7 Å². The zero-order chi connectivity index (χ0) is 12.3. The van der Waals surface area contributed by atoms with Crippen LogP contribution in [-0.2, 0) is 0 Å². The van der Waals surface area contributed by atoms with E-state index in [0.717, 1.165) is 13.1 Å². The maximum atomic E-state index is 10.6. The summed E-state index contributed by atoms with van der Waals surface area (Å²) in [6.45, 7) is 4.39. The number of piperidine rings is 1. The van der Waals surface area contributed by atoms with Crippen LogP contribution in [0.5, 0.6) is 0 Å². The summed E-state index contributed by atoms with van der Waals surface area (Å²) < 4.78 is 0. The van der Waals surface area contributed by atoms with Crippen LogP contribution in [0.2, 0.25) is 0 Å². The number of nitro groups is 1. The predicted octanol–water partition coefficient (Wildman–Crippen LogP) is 2.70. The first kappa shape index (κ1) is 12.0. The Kier molecular flexibility index (Phi) is 3.74. The highest BCUT2D eigenvalue weighted by molar-refractivity contribution is 5.34. The van der Waals surface area contributed by atoms with Gasteiger partial charge in [-0.2, -0.15) is 0 Å². The fraction of sp³-hybridized carbons (Fsp3) is 0.538. The van der Waals surface area contributed by atoms with Crippen LogP contribution in [0.15, 0.2) is 24.3 Å². The lowest BCUT2D eigenvalue weighted by Crippen LogP contribution is -2.30. The zero-order valence-corrected chi connectivity index (χ0v) is 10.1. The van der Waals surface area contributed by atoms with Crippen LogP contribution in [0, 0.1) is 16.0 Å². The second-order valence-corrected chi connectivity index (χ2v) is 4.72. The quantitative estimate of drug-likeness (QED) is 0.646. The summed E-state index contributed by atoms with van der Waals surface area (Å²) in [7, 11) is 0. The fourth-order valence-corrected chi connectivity index (χ4v) is 2.52. The molecule has 1 aliphatic rings. The Balaban J connectivity index is 2.07. The molecule has 1 aromatic rings. The number of rotatable bonds is 3. The maximum absolute atomic E-state index is 10.6. The molecule has 92 valence electrons. The molecule has 1 aromatic carbocycles. The molecule has 0 spiro atoms. The molecule has 4 nitrogen and oxygen atoms in total. The number of hydrogen-bond donors (Lipinski definition) is 1. The standard InChI is InChI=1S/C13H18N2O2/c1-10(12-6-8-14-9-7-12)11-2-4-13(5-3-11)15(16)17/h2-5,10,12,14H,6-9H2,1H3. The van der Waals surface area contributed by atoms with Crippen molar-refractivity contribution in [2.24, 2.45) is 5.92 Å². The summed E-state index contributed by atoms with van der Waals surface area (Å²) in [4.78, 5) is 10.2. The van der Waals surface area contributed by atoms with Crippen molar-refractivity contribution in [1.82, 2.24) is 5.32 Å². The van der Waals surface area contributed by atoms with Crippen molar-refractivity contribution in [2.75, 3.05) is 13.1 Å². The number of benzene rings is 1. The first-order chi connectivity index (χ1) is 8.18. The molecule has 0 saturated carbocycles. The Morgan fingerprint density at radius 1 is 1.29 bits per heavy atom. The van der Waals surface area contributed by atoms with E-state index in [2.05, 4.69) is 12.2 Å². The monoisotopic (exact) mass is 234 g/mol. The van der Waals surface area contributed by atoms with E-state index in [4.69, 9.17) is 0 Å². The van der Waals surface area contributed by atoms with Crippen molar-refractivity contribution >= 4 is 5.69 Å². The molecule has 1 heterocycles. The molecule has 4 heteroatoms. The van der Waals surface area contributed by atoms with Crippen molar-refractivity contribution < 1.29 is 4.92 Å². The number of non-ortho nitro benzene ring substituents is 1. The number of nitro benzene ring substituents is 1. The molecule has 0 bridgehead atoms. The molecule has 1 N–H and O–H groups in total. The van der Waals surface area contributed by atoms with Crippen LogP contribution < -0.4 is 5.32 Å². The molecular formula is C13H18N2O2. The summed E-state index contributed by atoms with van der Waals surface area (Å²) in [5, 5.41) is 13.9. The van der Waals surface area contributed by atoms with Gasteiger partial charge < -0.3 is 5.32 Å². The van der Waals surface area contributed by atoms with E-state index < -0.39 is 0 Å². The summed E-state index contributed by atoms with van der Waals surface area (Å²) >= 11 is 0. The smallest absolute Gasteiger partial charge is 0.269 e. The highest BCUT2D eigenvalue weighted by Crippen LogP contribution is 2.31. The second kappa shape index (κ2) is 5.27. The van der Waals surface area contributed by atoms with E-state index in [1.165, 1.54) is 18.4 Å². The third-order valence-corrected chi connectivity index (χ3v) is 3.72. The average molecular weight is 234 g/mol. The highest BCUT2D eigenvalue weighted by atomic mass is 16.6. The van der Waals surface area contributed by atoms with E-state index in [1.807, 2.05) is 12.1 Å². The van der Waals surface area contributed by atoms with Crippen LogP contribution in [0.3, 0.4) is 0 Å². The summed E-state index contributed by atoms with van der Waals surface area (Å²) in [6.07, 6.45) is 2.39. The van der Waals surface area contributed by atoms with Crippen LogP contribution in [0.4, 0.5) is 5.69 Å². The Morgan fingerprint density at radius 2 is 1.88 bits per heavy atom. The van der Waals surface area contributed by atoms with Gasteiger partial charge in [0.1, 0.15) is 0 Å². The third-order valence-electron chi connectivity index (χ3n) is 3.72. The molecule has 0 aromatic heterocycles. The molecule has 1 unspecified atom stereocenters. The van der Waals surface area contributed by atoms with Gasteiger partial charge in [0.25, 0.3) is 5.69 Å². The van der Waals surface area contributed by atoms with Crippen LogP contribution in [0.25, 0.3) is 0 Å². The molecule has 1 aliphatic heterocycles. The van der Waals surface area contributed by atoms with E-state index in [9.17, 15) is 10.1 Å². The van der Waals surface area contributed by atoms with Gasteiger partial charge >= 0.3 is 0 Å². The lowest BCUT2D eigenvalue weighted by atomic mass is 9.82. The number of hydrogen-bond acceptors (Lipinski definition) is 3. The Morgan fingerprint density at radius 3 is 2.41 bits per heavy atom. The van der Waals surface area contributed by atoms with E-state index in [0.29, 0.717) is 11.8 Å². The van der Waals surface area contributed by atoms with E-state index in [1.54, 1.807) is 12.1 Å². The van der Waals surface area contributed by atoms with Crippen LogP contribution >= 0.6 is 0 Å². The fourth-order valence-electron chi connectivity index (χ4n) is 2.52. The molecule has 0 amide bonds. The zero-order valence-electron chi connectivity index (χ0n) is 10.1. The third kappa shape index (κ3) is 2.82. The molecule has 1 fully saturated rings. The first-order valence-corrected chi connectivity index (χ1v) is 6.13. The minimum absolute atomic E-state index is 0.172. The van der Waals surface area contributed by atoms with E-state index in [-0.39, 0.29) is 10.6 Å². The van der Waals surface area contributed by atoms with Gasteiger partial charge in [-0.3, -0.25) is 10.1 Å². The minimum atomic E-state index is -0.348. The van der Waals surface area contributed by atoms with Gasteiger partial charge in [-0.15, -0.1) is 0 Å². The van der Waals surface area contributed by atoms with Crippen molar-refractivity contribution in [3.05, 3.63) is 39.9 Å². The molecular weight excluding hydrogens is 216 g/mol. The molecule has 0 radical (unpaired) electrons. The highest BCUT2D eigenvalue weighted by Gasteiger charge is 2.21. The van der Waals surface area contributed by atoms with Crippen molar-refractivity contribution in [3.63, 3.8) is 0 Å². The van der Waals surface area contributed by atoms with Gasteiger partial charge in [-0.25, -0.2) is 0 Å². The van der Waals surface area contributed by atoms with Gasteiger partial charge in [0.15, 0.2) is 0 Å². The van der Waals surface area contributed by atoms with Crippen LogP contribution in [-0.4, -0.2) is 18.0 Å². The summed E-state index contributed by atoms with van der Waals surface area (Å²) in [6, 6.07) is 7.00. The molecule has 1 saturated heterocycles. The number of nitrogens with zero attached hydrogens (tertiary/aromatic N) is 1. The number of nitrogens with one attached hydrogen (secondary N) is 1. The Hall–Kier alpha value is -1.42. The molecule has 2 rings (SSSR count). The van der Waals surface area contributed by atoms with Crippen molar-refractivity contribution in [1.29, 1.82) is 0 Å². The Bertz CT molecular complexity index is 383. The second-order valence-electron chi connectivity index (χ2n) is 4.72. The minimum Gasteiger partial charge on any atom is -0.317 e. The lowest BCUT2D eigenvalue weighted by molar-refractivity contribution is -0.384. The van der Waals surface area contributed by atoms with Gasteiger partial charge in [-0.1, -0.05) is 19.1 Å². The Labute approximate surface area is 101 Å². The van der Waals surface area contributed by atoms with Gasteiger partial charge in [0, 0.05) is 12.1 Å². The van der Waals surface area contributed by atoms with Crippen LogP contribution in [0.1, 0.15) is 31.2 Å². The lowest BCUT2D eigenvalue weighted by Gasteiger charge is -2.28.